The smallest absolute Gasteiger partial charge is 0.242 e. The summed E-state index contributed by atoms with van der Waals surface area (Å²) in [5, 5.41) is 10.8. The van der Waals surface area contributed by atoms with Crippen LogP contribution >= 0.6 is 11.8 Å². The highest BCUT2D eigenvalue weighted by Crippen LogP contribution is 2.28. The number of aromatic nitrogens is 3. The third-order valence-corrected chi connectivity index (χ3v) is 5.54. The lowest BCUT2D eigenvalue weighted by atomic mass is 10.2. The third kappa shape index (κ3) is 8.45. The van der Waals surface area contributed by atoms with Gasteiger partial charge in [-0.3, -0.25) is 19.3 Å². The zero-order valence-corrected chi connectivity index (χ0v) is 20.3. The van der Waals surface area contributed by atoms with Crippen LogP contribution in [0.5, 0.6) is 0 Å². The summed E-state index contributed by atoms with van der Waals surface area (Å²) in [6, 6.07) is 0.483. The Morgan fingerprint density at radius 2 is 1.80 bits per heavy atom. The highest BCUT2D eigenvalue weighted by Gasteiger charge is 2.39. The Labute approximate surface area is 184 Å². The molecule has 0 aliphatic carbocycles. The minimum absolute atomic E-state index is 0.0710. The predicted molar refractivity (Wildman–Crippen MR) is 120 cm³/mol. The number of imide groups is 1. The number of thioether (sulfide) groups is 1. The molecule has 1 N–H and O–H groups in total. The first-order valence-corrected chi connectivity index (χ1v) is 11.6. The molecule has 1 fully saturated rings. The van der Waals surface area contributed by atoms with Gasteiger partial charge >= 0.3 is 0 Å². The Balaban J connectivity index is 0.000000346. The van der Waals surface area contributed by atoms with Crippen LogP contribution in [0.15, 0.2) is 6.20 Å². The molecule has 9 heteroatoms. The fourth-order valence-corrected chi connectivity index (χ4v) is 3.88. The molecule has 1 atom stereocenters. The van der Waals surface area contributed by atoms with Gasteiger partial charge in [-0.1, -0.05) is 32.9 Å². The standard InChI is InChI=1S/C13H22N2O3S.C8H15N3/c1-8(2)14-11(16)5-6-15-12(17)7-10(13(15)18)19-9(3)4;1-6(2)8-5-11(7(3)4)10-9-8/h8-10H,5-7H2,1-4H3,(H,14,16);5-7H,1-4H3. The lowest BCUT2D eigenvalue weighted by Gasteiger charge is -2.16. The second kappa shape index (κ2) is 12.1. The van der Waals surface area contributed by atoms with Crippen LogP contribution in [-0.4, -0.2) is 60.7 Å². The molecule has 0 bridgehead atoms. The van der Waals surface area contributed by atoms with Crippen molar-refractivity contribution in [3.05, 3.63) is 11.9 Å². The average Bonchev–Trinajstić information content (AvgIpc) is 3.19. The van der Waals surface area contributed by atoms with Crippen molar-refractivity contribution in [1.29, 1.82) is 0 Å². The monoisotopic (exact) mass is 439 g/mol. The van der Waals surface area contributed by atoms with Crippen molar-refractivity contribution >= 4 is 29.5 Å². The van der Waals surface area contributed by atoms with Crippen molar-refractivity contribution < 1.29 is 14.4 Å². The highest BCUT2D eigenvalue weighted by atomic mass is 32.2. The highest BCUT2D eigenvalue weighted by molar-refractivity contribution is 8.01. The number of amides is 3. The van der Waals surface area contributed by atoms with E-state index in [0.717, 1.165) is 5.69 Å². The quantitative estimate of drug-likeness (QED) is 0.625. The average molecular weight is 440 g/mol. The molecule has 0 aromatic carbocycles. The minimum atomic E-state index is -0.277. The van der Waals surface area contributed by atoms with Gasteiger partial charge in [0, 0.05) is 37.7 Å². The Morgan fingerprint density at radius 3 is 2.23 bits per heavy atom. The van der Waals surface area contributed by atoms with Gasteiger partial charge in [-0.25, -0.2) is 4.68 Å². The van der Waals surface area contributed by atoms with Crippen molar-refractivity contribution in [3.63, 3.8) is 0 Å². The van der Waals surface area contributed by atoms with E-state index in [1.165, 1.54) is 16.7 Å². The molecule has 8 nitrogen and oxygen atoms in total. The van der Waals surface area contributed by atoms with Gasteiger partial charge in [0.15, 0.2) is 0 Å². The first-order chi connectivity index (χ1) is 13.9. The summed E-state index contributed by atoms with van der Waals surface area (Å²) in [7, 11) is 0. The molecule has 1 aliphatic heterocycles. The first kappa shape index (κ1) is 26.1. The van der Waals surface area contributed by atoms with Gasteiger partial charge in [0.2, 0.25) is 17.7 Å². The van der Waals surface area contributed by atoms with Crippen LogP contribution in [0.25, 0.3) is 0 Å². The lowest BCUT2D eigenvalue weighted by molar-refractivity contribution is -0.138. The third-order valence-electron chi connectivity index (χ3n) is 4.30. The molecule has 1 unspecified atom stereocenters. The van der Waals surface area contributed by atoms with E-state index in [9.17, 15) is 14.4 Å². The molecule has 2 heterocycles. The Bertz CT molecular complexity index is 693. The van der Waals surface area contributed by atoms with Gasteiger partial charge in [0.25, 0.3) is 0 Å². The molecule has 0 spiro atoms. The summed E-state index contributed by atoms with van der Waals surface area (Å²) in [5.41, 5.74) is 1.07. The Morgan fingerprint density at radius 1 is 1.17 bits per heavy atom. The Hall–Kier alpha value is -1.90. The van der Waals surface area contributed by atoms with E-state index >= 15 is 0 Å². The van der Waals surface area contributed by atoms with Crippen LogP contribution < -0.4 is 5.32 Å². The van der Waals surface area contributed by atoms with Crippen LogP contribution in [0.3, 0.4) is 0 Å². The van der Waals surface area contributed by atoms with Crippen molar-refractivity contribution in [1.82, 2.24) is 25.2 Å². The number of rotatable bonds is 8. The SMILES string of the molecule is CC(C)NC(=O)CCN1C(=O)CC(SC(C)C)C1=O.CC(C)c1cn(C(C)C)nn1. The van der Waals surface area contributed by atoms with Crippen LogP contribution in [0.2, 0.25) is 0 Å². The molecule has 0 radical (unpaired) electrons. The van der Waals surface area contributed by atoms with Crippen molar-refractivity contribution in [2.75, 3.05) is 6.54 Å². The van der Waals surface area contributed by atoms with E-state index in [-0.39, 0.29) is 48.4 Å². The van der Waals surface area contributed by atoms with Crippen molar-refractivity contribution in [2.24, 2.45) is 0 Å². The lowest BCUT2D eigenvalue weighted by Crippen LogP contribution is -2.37. The van der Waals surface area contributed by atoms with Gasteiger partial charge in [-0.05, 0) is 38.9 Å². The van der Waals surface area contributed by atoms with Gasteiger partial charge in [0.05, 0.1) is 10.9 Å². The van der Waals surface area contributed by atoms with E-state index in [1.807, 2.05) is 38.6 Å². The van der Waals surface area contributed by atoms with Gasteiger partial charge in [-0.2, -0.15) is 0 Å². The molecular weight excluding hydrogens is 402 g/mol. The predicted octanol–water partition coefficient (Wildman–Crippen LogP) is 3.15. The van der Waals surface area contributed by atoms with E-state index in [0.29, 0.717) is 17.2 Å². The maximum Gasteiger partial charge on any atom is 0.242 e. The van der Waals surface area contributed by atoms with Crippen molar-refractivity contribution in [2.45, 2.75) is 96.7 Å². The number of carbonyl (C=O) groups excluding carboxylic acids is 3. The summed E-state index contributed by atoms with van der Waals surface area (Å²) in [6.07, 6.45) is 2.44. The molecule has 1 aliphatic rings. The summed E-state index contributed by atoms with van der Waals surface area (Å²) < 4.78 is 1.88. The maximum absolute atomic E-state index is 12.0. The van der Waals surface area contributed by atoms with E-state index in [1.54, 1.807) is 0 Å². The molecule has 2 rings (SSSR count). The molecule has 170 valence electrons. The molecule has 30 heavy (non-hydrogen) atoms. The maximum atomic E-state index is 12.0. The van der Waals surface area contributed by atoms with Gasteiger partial charge < -0.3 is 5.32 Å². The summed E-state index contributed by atoms with van der Waals surface area (Å²) in [5.74, 6) is 0.0274. The minimum Gasteiger partial charge on any atom is -0.354 e. The first-order valence-electron chi connectivity index (χ1n) is 10.6. The second-order valence-corrected chi connectivity index (χ2v) is 10.4. The number of hydrogen-bond donors (Lipinski definition) is 1. The van der Waals surface area contributed by atoms with Gasteiger partial charge in [-0.15, -0.1) is 16.9 Å². The van der Waals surface area contributed by atoms with E-state index in [4.69, 9.17) is 0 Å². The van der Waals surface area contributed by atoms with Crippen LogP contribution in [0, 0.1) is 0 Å². The molecule has 3 amide bonds. The van der Waals surface area contributed by atoms with Crippen LogP contribution in [0.4, 0.5) is 0 Å². The molecule has 0 saturated carbocycles. The molecule has 1 aromatic heterocycles. The summed E-state index contributed by atoms with van der Waals surface area (Å²) >= 11 is 1.51. The van der Waals surface area contributed by atoms with Gasteiger partial charge in [0.1, 0.15) is 0 Å². The van der Waals surface area contributed by atoms with E-state index in [2.05, 4.69) is 43.3 Å². The summed E-state index contributed by atoms with van der Waals surface area (Å²) in [4.78, 5) is 36.5. The number of nitrogens with one attached hydrogen (secondary N) is 1. The summed E-state index contributed by atoms with van der Waals surface area (Å²) in [6.45, 7) is 16.4. The molecule has 1 saturated heterocycles. The number of nitrogens with zero attached hydrogens (tertiary/aromatic N) is 4. The fourth-order valence-electron chi connectivity index (χ4n) is 2.74. The van der Waals surface area contributed by atoms with Crippen LogP contribution in [-0.2, 0) is 14.4 Å². The topological polar surface area (TPSA) is 97.2 Å². The fraction of sp³-hybridized carbons (Fsp3) is 0.762. The second-order valence-electron chi connectivity index (χ2n) is 8.61. The number of carbonyl (C=O) groups is 3. The van der Waals surface area contributed by atoms with E-state index < -0.39 is 0 Å². The van der Waals surface area contributed by atoms with Crippen molar-refractivity contribution in [3.8, 4) is 0 Å². The normalized spacial score (nSPS) is 16.7. The largest absolute Gasteiger partial charge is 0.354 e. The number of likely N-dealkylation sites (tertiary alicyclic amines) is 1. The molecule has 1 aromatic rings. The number of hydrogen-bond acceptors (Lipinski definition) is 6. The zero-order chi connectivity index (χ0) is 23.0. The van der Waals surface area contributed by atoms with Crippen LogP contribution in [0.1, 0.15) is 85.9 Å². The Kier molecular flexibility index (Phi) is 10.5. The molecular formula is C21H37N5O3S. The zero-order valence-electron chi connectivity index (χ0n) is 19.5.